The van der Waals surface area contributed by atoms with Gasteiger partial charge < -0.3 is 35.1 Å². The fourth-order valence-electron chi connectivity index (χ4n) is 8.42. The number of carbonyl (C=O) groups is 3. The van der Waals surface area contributed by atoms with Crippen molar-refractivity contribution in [3.8, 4) is 5.75 Å². The highest BCUT2D eigenvalue weighted by atomic mass is 16.8. The SMILES string of the molecule is CCCCCC1(CCCCC)OC2C3CC4(C(=O)NCCC(=O)NCCO)C(ON(Cc5cccc(C=CCc6ccccc6O)c5)C4C(=O)O3)C2O1. The molecule has 4 fully saturated rings. The molecule has 3 saturated heterocycles. The molecule has 6 atom stereocenters. The van der Waals surface area contributed by atoms with Crippen LogP contribution in [0.25, 0.3) is 6.08 Å². The number of ether oxygens (including phenoxy) is 3. The number of hydroxylamine groups is 2. The number of nitrogens with one attached hydrogen (secondary N) is 2. The number of fused-ring (bicyclic) bond motifs is 4. The molecule has 0 radical (unpaired) electrons. The van der Waals surface area contributed by atoms with Crippen LogP contribution in [0.15, 0.2) is 54.6 Å². The highest BCUT2D eigenvalue weighted by molar-refractivity contribution is 5.94. The first kappa shape index (κ1) is 38.9. The number of phenolic OH excluding ortho intramolecular Hbond substituents is 1. The van der Waals surface area contributed by atoms with E-state index in [2.05, 4.69) is 24.5 Å². The quantitative estimate of drug-likeness (QED) is 0.118. The number of allylic oxidation sites excluding steroid dienone is 1. The third-order valence-electron chi connectivity index (χ3n) is 11.0. The van der Waals surface area contributed by atoms with Crippen molar-refractivity contribution in [2.24, 2.45) is 5.41 Å². The maximum absolute atomic E-state index is 14.5. The van der Waals surface area contributed by atoms with Crippen LogP contribution in [0.4, 0.5) is 0 Å². The van der Waals surface area contributed by atoms with Crippen molar-refractivity contribution < 1.29 is 43.6 Å². The number of rotatable bonds is 19. The molecule has 1 saturated carbocycles. The maximum Gasteiger partial charge on any atom is 0.327 e. The third kappa shape index (κ3) is 8.47. The Labute approximate surface area is 312 Å². The average Bonchev–Trinajstić information content (AvgIpc) is 3.70. The van der Waals surface area contributed by atoms with Gasteiger partial charge in [0.15, 0.2) is 11.8 Å². The van der Waals surface area contributed by atoms with Crippen LogP contribution in [0.3, 0.4) is 0 Å². The summed E-state index contributed by atoms with van der Waals surface area (Å²) in [5.41, 5.74) is 1.29. The fraction of sp³-hybridized carbons (Fsp3) is 0.585. The van der Waals surface area contributed by atoms with Crippen LogP contribution >= 0.6 is 0 Å². The van der Waals surface area contributed by atoms with Gasteiger partial charge in [0.05, 0.1) is 13.2 Å². The van der Waals surface area contributed by atoms with E-state index in [0.29, 0.717) is 19.3 Å². The van der Waals surface area contributed by atoms with Crippen LogP contribution in [-0.4, -0.2) is 89.0 Å². The van der Waals surface area contributed by atoms with Crippen LogP contribution in [-0.2, 0) is 46.4 Å². The molecule has 6 unspecified atom stereocenters. The second-order valence-corrected chi connectivity index (χ2v) is 14.8. The number of aliphatic hydroxyl groups is 1. The van der Waals surface area contributed by atoms with Crippen molar-refractivity contribution in [2.45, 2.75) is 127 Å². The summed E-state index contributed by atoms with van der Waals surface area (Å²) in [6, 6.07) is 14.1. The Morgan fingerprint density at radius 1 is 0.962 bits per heavy atom. The topological polar surface area (TPSA) is 156 Å². The van der Waals surface area contributed by atoms with E-state index in [1.54, 1.807) is 17.2 Å². The Kier molecular flexibility index (Phi) is 12.9. The first-order chi connectivity index (χ1) is 25.7. The lowest BCUT2D eigenvalue weighted by atomic mass is 9.62. The number of aromatic hydroxyl groups is 1. The zero-order chi connectivity index (χ0) is 37.4. The van der Waals surface area contributed by atoms with Gasteiger partial charge in [0.2, 0.25) is 11.8 Å². The number of aliphatic hydroxyl groups excluding tert-OH is 1. The standard InChI is InChI=1S/C41H55N3O9/c1-3-5-9-20-40(21-10-6-4-2)51-34-32-26-41(39(49)43-22-19-33(47)42-23-24-45)36(38(48)50-32)44(53-37(41)35(34)52-40)27-29-15-11-13-28(25-29)14-12-17-30-16-7-8-18-31(30)46/h7-8,11-16,18,25,32,34-37,45-46H,3-6,9-10,17,19-24,26-27H2,1-2H3,(H,42,47)(H,43,49). The van der Waals surface area contributed by atoms with E-state index in [1.165, 1.54) is 0 Å². The molecule has 2 amide bonds. The van der Waals surface area contributed by atoms with Crippen molar-refractivity contribution in [1.29, 1.82) is 0 Å². The molecule has 12 heteroatoms. The van der Waals surface area contributed by atoms with Gasteiger partial charge in [0, 0.05) is 38.8 Å². The van der Waals surface area contributed by atoms with E-state index in [9.17, 15) is 19.5 Å². The van der Waals surface area contributed by atoms with Crippen molar-refractivity contribution in [3.05, 3.63) is 71.3 Å². The highest BCUT2D eigenvalue weighted by Crippen LogP contribution is 2.58. The molecule has 4 N–H and O–H groups in total. The summed E-state index contributed by atoms with van der Waals surface area (Å²) in [5, 5.41) is 26.4. The molecule has 0 spiro atoms. The summed E-state index contributed by atoms with van der Waals surface area (Å²) in [5.74, 6) is -1.84. The minimum Gasteiger partial charge on any atom is -0.508 e. The molecule has 53 heavy (non-hydrogen) atoms. The molecule has 6 rings (SSSR count). The normalized spacial score (nSPS) is 27.1. The van der Waals surface area contributed by atoms with Gasteiger partial charge in [-0.15, -0.1) is 0 Å². The second-order valence-electron chi connectivity index (χ2n) is 14.8. The first-order valence-corrected chi connectivity index (χ1v) is 19.4. The van der Waals surface area contributed by atoms with Gasteiger partial charge in [0.1, 0.15) is 35.6 Å². The lowest BCUT2D eigenvalue weighted by molar-refractivity contribution is -0.224. The summed E-state index contributed by atoms with van der Waals surface area (Å²) >= 11 is 0. The lowest BCUT2D eigenvalue weighted by Crippen LogP contribution is -2.69. The van der Waals surface area contributed by atoms with Crippen molar-refractivity contribution in [1.82, 2.24) is 15.7 Å². The molecule has 3 heterocycles. The average molecular weight is 734 g/mol. The molecule has 0 aromatic heterocycles. The third-order valence-corrected chi connectivity index (χ3v) is 11.0. The molecular formula is C41H55N3O9. The monoisotopic (exact) mass is 733 g/mol. The second kappa shape index (κ2) is 17.6. The van der Waals surface area contributed by atoms with Crippen LogP contribution < -0.4 is 10.6 Å². The Morgan fingerprint density at radius 2 is 1.72 bits per heavy atom. The summed E-state index contributed by atoms with van der Waals surface area (Å²) in [6.07, 6.45) is 9.41. The number of phenols is 1. The Bertz CT molecular complexity index is 1610. The predicted molar refractivity (Wildman–Crippen MR) is 197 cm³/mol. The van der Waals surface area contributed by atoms with Crippen LogP contribution in [0.5, 0.6) is 5.75 Å². The number of amides is 2. The van der Waals surface area contributed by atoms with Crippen LogP contribution in [0.1, 0.15) is 94.7 Å². The molecule has 3 aliphatic heterocycles. The molecule has 2 bridgehead atoms. The Hall–Kier alpha value is -3.81. The van der Waals surface area contributed by atoms with Gasteiger partial charge in [-0.25, -0.2) is 0 Å². The minimum atomic E-state index is -1.34. The number of hydrogen-bond acceptors (Lipinski definition) is 10. The van der Waals surface area contributed by atoms with Gasteiger partial charge >= 0.3 is 5.97 Å². The number of benzene rings is 2. The zero-order valence-corrected chi connectivity index (χ0v) is 31.0. The highest BCUT2D eigenvalue weighted by Gasteiger charge is 2.76. The van der Waals surface area contributed by atoms with E-state index < -0.39 is 47.6 Å². The summed E-state index contributed by atoms with van der Waals surface area (Å²) < 4.78 is 19.9. The van der Waals surface area contributed by atoms with E-state index in [4.69, 9.17) is 24.2 Å². The van der Waals surface area contributed by atoms with Gasteiger partial charge in [-0.05, 0) is 42.0 Å². The zero-order valence-electron chi connectivity index (χ0n) is 31.0. The number of nitrogens with zero attached hydrogens (tertiary/aromatic N) is 1. The van der Waals surface area contributed by atoms with Crippen LogP contribution in [0.2, 0.25) is 0 Å². The summed E-state index contributed by atoms with van der Waals surface area (Å²) in [4.78, 5) is 47.6. The number of unbranched alkanes of at least 4 members (excludes halogenated alkanes) is 4. The van der Waals surface area contributed by atoms with E-state index in [0.717, 1.165) is 55.2 Å². The number of esters is 1. The number of carbonyl (C=O) groups excluding carboxylic acids is 3. The summed E-state index contributed by atoms with van der Waals surface area (Å²) in [7, 11) is 0. The van der Waals surface area contributed by atoms with Gasteiger partial charge in [0.25, 0.3) is 0 Å². The summed E-state index contributed by atoms with van der Waals surface area (Å²) in [6.45, 7) is 4.52. The molecule has 2 aromatic rings. The van der Waals surface area contributed by atoms with E-state index in [1.807, 2.05) is 48.6 Å². The van der Waals surface area contributed by atoms with Crippen molar-refractivity contribution in [2.75, 3.05) is 19.7 Å². The molecule has 1 aliphatic carbocycles. The van der Waals surface area contributed by atoms with E-state index in [-0.39, 0.29) is 56.6 Å². The van der Waals surface area contributed by atoms with Crippen molar-refractivity contribution in [3.63, 3.8) is 0 Å². The minimum absolute atomic E-state index is 0.0173. The van der Waals surface area contributed by atoms with Crippen LogP contribution in [0, 0.1) is 5.41 Å². The lowest BCUT2D eigenvalue weighted by Gasteiger charge is -2.48. The fourth-order valence-corrected chi connectivity index (χ4v) is 8.42. The Balaban J connectivity index is 1.27. The first-order valence-electron chi connectivity index (χ1n) is 19.4. The van der Waals surface area contributed by atoms with Gasteiger partial charge in [-0.3, -0.25) is 19.2 Å². The molecule has 12 nitrogen and oxygen atoms in total. The van der Waals surface area contributed by atoms with Gasteiger partial charge in [-0.2, -0.15) is 5.06 Å². The molecule has 2 aromatic carbocycles. The number of para-hydroxylation sites is 1. The molecule has 4 aliphatic rings. The predicted octanol–water partition coefficient (Wildman–Crippen LogP) is 4.70. The molecular weight excluding hydrogens is 678 g/mol. The van der Waals surface area contributed by atoms with Gasteiger partial charge in [-0.1, -0.05) is 94.1 Å². The van der Waals surface area contributed by atoms with Crippen molar-refractivity contribution >= 4 is 23.9 Å². The molecule has 288 valence electrons. The largest absolute Gasteiger partial charge is 0.508 e. The number of hydrogen-bond donors (Lipinski definition) is 4. The smallest absolute Gasteiger partial charge is 0.327 e. The Morgan fingerprint density at radius 3 is 2.45 bits per heavy atom. The van der Waals surface area contributed by atoms with E-state index >= 15 is 0 Å². The maximum atomic E-state index is 14.5.